The number of fused-ring (bicyclic) bond motifs is 1. The fourth-order valence-corrected chi connectivity index (χ4v) is 4.89. The summed E-state index contributed by atoms with van der Waals surface area (Å²) in [5, 5.41) is 4.16. The van der Waals surface area contributed by atoms with Crippen LogP contribution in [0.15, 0.2) is 58.5 Å². The largest absolute Gasteiger partial charge is 0.352 e. The molecule has 0 radical (unpaired) electrons. The fourth-order valence-electron chi connectivity index (χ4n) is 4.08. The second-order valence-electron chi connectivity index (χ2n) is 8.15. The quantitative estimate of drug-likeness (QED) is 0.458. The topological polar surface area (TPSA) is 64.0 Å². The number of hydrogen-bond acceptors (Lipinski definition) is 4. The molecule has 162 valence electrons. The van der Waals surface area contributed by atoms with E-state index < -0.39 is 0 Å². The Kier molecular flexibility index (Phi) is 6.70. The van der Waals surface area contributed by atoms with Crippen LogP contribution in [-0.2, 0) is 11.3 Å². The van der Waals surface area contributed by atoms with Gasteiger partial charge in [-0.15, -0.1) is 0 Å². The molecule has 1 amide bonds. The Bertz CT molecular complexity index is 1130. The van der Waals surface area contributed by atoms with Crippen molar-refractivity contribution >= 4 is 28.6 Å². The summed E-state index contributed by atoms with van der Waals surface area (Å²) >= 11 is 1.26. The van der Waals surface area contributed by atoms with E-state index in [1.807, 2.05) is 6.07 Å². The molecule has 2 aromatic carbocycles. The Morgan fingerprint density at radius 3 is 2.68 bits per heavy atom. The molecule has 0 aliphatic heterocycles. The molecule has 1 aliphatic carbocycles. The molecule has 0 bridgehead atoms. The van der Waals surface area contributed by atoms with Crippen molar-refractivity contribution in [2.45, 2.75) is 50.4 Å². The molecule has 0 saturated heterocycles. The summed E-state index contributed by atoms with van der Waals surface area (Å²) in [5.74, 6) is 0.311. The van der Waals surface area contributed by atoms with Crippen molar-refractivity contribution in [2.24, 2.45) is 5.92 Å². The van der Waals surface area contributed by atoms with Crippen molar-refractivity contribution in [2.75, 3.05) is 5.75 Å². The third-order valence-electron chi connectivity index (χ3n) is 5.87. The van der Waals surface area contributed by atoms with Gasteiger partial charge < -0.3 is 5.32 Å². The molecule has 31 heavy (non-hydrogen) atoms. The highest BCUT2D eigenvalue weighted by atomic mass is 32.2. The molecular weight excluding hydrogens is 413 g/mol. The predicted octanol–water partition coefficient (Wildman–Crippen LogP) is 4.37. The third-order valence-corrected chi connectivity index (χ3v) is 6.85. The van der Waals surface area contributed by atoms with E-state index in [1.54, 1.807) is 34.9 Å². The fraction of sp³-hybridized carbons (Fsp3) is 0.375. The van der Waals surface area contributed by atoms with Crippen molar-refractivity contribution in [3.8, 4) is 0 Å². The molecule has 0 spiro atoms. The summed E-state index contributed by atoms with van der Waals surface area (Å²) in [6, 6.07) is 13.5. The number of benzene rings is 2. The lowest BCUT2D eigenvalue weighted by molar-refractivity contribution is -0.119. The highest BCUT2D eigenvalue weighted by Gasteiger charge is 2.23. The van der Waals surface area contributed by atoms with Gasteiger partial charge in [-0.3, -0.25) is 14.2 Å². The summed E-state index contributed by atoms with van der Waals surface area (Å²) in [7, 11) is 0. The zero-order valence-corrected chi connectivity index (χ0v) is 18.3. The standard InChI is InChI=1S/C24H26FN3O2S/c1-16-6-2-4-8-20(16)26-22(29)15-31-24-27-21-9-5-3-7-19(21)23(30)28(24)14-17-10-12-18(25)13-11-17/h3,5,7,9-13,16,20H,2,4,6,8,14-15H2,1H3,(H,26,29)/t16-,20+/m1/s1. The Morgan fingerprint density at radius 1 is 1.16 bits per heavy atom. The summed E-state index contributed by atoms with van der Waals surface area (Å²) in [4.78, 5) is 30.4. The smallest absolute Gasteiger partial charge is 0.262 e. The van der Waals surface area contributed by atoms with Crippen LogP contribution in [0.1, 0.15) is 38.2 Å². The molecule has 1 fully saturated rings. The minimum absolute atomic E-state index is 0.0421. The van der Waals surface area contributed by atoms with E-state index in [-0.39, 0.29) is 35.6 Å². The minimum atomic E-state index is -0.323. The lowest BCUT2D eigenvalue weighted by Crippen LogP contribution is -2.42. The van der Waals surface area contributed by atoms with Crippen molar-refractivity contribution in [3.63, 3.8) is 0 Å². The van der Waals surface area contributed by atoms with Gasteiger partial charge in [-0.2, -0.15) is 0 Å². The van der Waals surface area contributed by atoms with Crippen LogP contribution < -0.4 is 10.9 Å². The van der Waals surface area contributed by atoms with Crippen LogP contribution in [0, 0.1) is 11.7 Å². The highest BCUT2D eigenvalue weighted by Crippen LogP contribution is 2.24. The van der Waals surface area contributed by atoms with Gasteiger partial charge >= 0.3 is 0 Å². The SMILES string of the molecule is C[C@@H]1CCCC[C@@H]1NC(=O)CSc1nc2ccccc2c(=O)n1Cc1ccc(F)cc1. The molecule has 1 aliphatic rings. The van der Waals surface area contributed by atoms with Crippen LogP contribution in [0.4, 0.5) is 4.39 Å². The number of rotatable bonds is 6. The van der Waals surface area contributed by atoms with Crippen LogP contribution in [0.5, 0.6) is 0 Å². The molecule has 1 N–H and O–H groups in total. The van der Waals surface area contributed by atoms with Crippen molar-refractivity contribution < 1.29 is 9.18 Å². The Hall–Kier alpha value is -2.67. The van der Waals surface area contributed by atoms with Gasteiger partial charge in [0.15, 0.2) is 5.16 Å². The number of hydrogen-bond donors (Lipinski definition) is 1. The van der Waals surface area contributed by atoms with Crippen LogP contribution in [0.3, 0.4) is 0 Å². The normalized spacial score (nSPS) is 18.8. The summed E-state index contributed by atoms with van der Waals surface area (Å²) in [5.41, 5.74) is 1.23. The van der Waals surface area contributed by atoms with Crippen LogP contribution in [-0.4, -0.2) is 27.3 Å². The number of carbonyl (C=O) groups excluding carboxylic acids is 1. The van der Waals surface area contributed by atoms with Gasteiger partial charge in [-0.25, -0.2) is 9.37 Å². The second kappa shape index (κ2) is 9.64. The monoisotopic (exact) mass is 439 g/mol. The molecule has 4 rings (SSSR count). The van der Waals surface area contributed by atoms with Gasteiger partial charge in [0.2, 0.25) is 5.91 Å². The second-order valence-corrected chi connectivity index (χ2v) is 9.10. The lowest BCUT2D eigenvalue weighted by Gasteiger charge is -2.29. The lowest BCUT2D eigenvalue weighted by atomic mass is 9.86. The molecule has 7 heteroatoms. The number of para-hydroxylation sites is 1. The van der Waals surface area contributed by atoms with Crippen LogP contribution in [0.25, 0.3) is 10.9 Å². The first kappa shape index (κ1) is 21.6. The van der Waals surface area contributed by atoms with E-state index in [4.69, 9.17) is 0 Å². The predicted molar refractivity (Wildman–Crippen MR) is 122 cm³/mol. The molecule has 1 saturated carbocycles. The molecule has 0 unspecified atom stereocenters. The third kappa shape index (κ3) is 5.15. The summed E-state index contributed by atoms with van der Waals surface area (Å²) in [6.07, 6.45) is 4.52. The number of carbonyl (C=O) groups is 1. The Morgan fingerprint density at radius 2 is 1.90 bits per heavy atom. The molecule has 1 aromatic heterocycles. The maximum Gasteiger partial charge on any atom is 0.262 e. The first-order chi connectivity index (χ1) is 15.0. The van der Waals surface area contributed by atoms with E-state index in [9.17, 15) is 14.0 Å². The number of aromatic nitrogens is 2. The number of amides is 1. The van der Waals surface area contributed by atoms with Crippen molar-refractivity contribution in [1.29, 1.82) is 0 Å². The maximum absolute atomic E-state index is 13.3. The summed E-state index contributed by atoms with van der Waals surface area (Å²) < 4.78 is 14.9. The average molecular weight is 440 g/mol. The first-order valence-corrected chi connectivity index (χ1v) is 11.7. The number of nitrogens with one attached hydrogen (secondary N) is 1. The van der Waals surface area contributed by atoms with Crippen LogP contribution in [0.2, 0.25) is 0 Å². The minimum Gasteiger partial charge on any atom is -0.352 e. The van der Waals surface area contributed by atoms with E-state index in [0.29, 0.717) is 22.0 Å². The van der Waals surface area contributed by atoms with Crippen molar-refractivity contribution in [1.82, 2.24) is 14.9 Å². The van der Waals surface area contributed by atoms with E-state index in [2.05, 4.69) is 17.2 Å². The highest BCUT2D eigenvalue weighted by molar-refractivity contribution is 7.99. The zero-order valence-electron chi connectivity index (χ0n) is 17.5. The Balaban J connectivity index is 1.57. The van der Waals surface area contributed by atoms with Gasteiger partial charge in [0.05, 0.1) is 23.2 Å². The maximum atomic E-state index is 13.3. The molecule has 2 atom stereocenters. The van der Waals surface area contributed by atoms with E-state index >= 15 is 0 Å². The zero-order chi connectivity index (χ0) is 21.8. The number of nitrogens with zero attached hydrogens (tertiary/aromatic N) is 2. The molecule has 3 aromatic rings. The van der Waals surface area contributed by atoms with Gasteiger partial charge in [0, 0.05) is 6.04 Å². The average Bonchev–Trinajstić information content (AvgIpc) is 2.77. The van der Waals surface area contributed by atoms with Crippen molar-refractivity contribution in [3.05, 3.63) is 70.3 Å². The summed E-state index contributed by atoms with van der Waals surface area (Å²) in [6.45, 7) is 2.45. The van der Waals surface area contributed by atoms with E-state index in [0.717, 1.165) is 24.8 Å². The molecular formula is C24H26FN3O2S. The van der Waals surface area contributed by atoms with Gasteiger partial charge in [0.25, 0.3) is 5.56 Å². The molecule has 5 nitrogen and oxygen atoms in total. The Labute approximate surface area is 185 Å². The van der Waals surface area contributed by atoms with E-state index in [1.165, 1.54) is 30.3 Å². The van der Waals surface area contributed by atoms with Gasteiger partial charge in [-0.1, -0.05) is 55.8 Å². The number of thioether (sulfide) groups is 1. The first-order valence-electron chi connectivity index (χ1n) is 10.7. The van der Waals surface area contributed by atoms with Crippen LogP contribution >= 0.6 is 11.8 Å². The molecule has 1 heterocycles. The van der Waals surface area contributed by atoms with Gasteiger partial charge in [-0.05, 0) is 48.6 Å². The van der Waals surface area contributed by atoms with Gasteiger partial charge in [0.1, 0.15) is 5.82 Å². The number of halogens is 1.